The summed E-state index contributed by atoms with van der Waals surface area (Å²) in [6, 6.07) is 18.2. The number of aryl methyl sites for hydroxylation is 1. The first kappa shape index (κ1) is 25.0. The molecule has 0 aliphatic carbocycles. The van der Waals surface area contributed by atoms with Crippen molar-refractivity contribution in [3.8, 4) is 0 Å². The molecule has 2 aromatic carbocycles. The number of primary amides is 1. The van der Waals surface area contributed by atoms with Gasteiger partial charge in [-0.3, -0.25) is 9.59 Å². The van der Waals surface area contributed by atoms with Crippen LogP contribution in [0.25, 0.3) is 0 Å². The van der Waals surface area contributed by atoms with Crippen LogP contribution in [0.4, 0.5) is 22.9 Å². The molecule has 36 heavy (non-hydrogen) atoms. The lowest BCUT2D eigenvalue weighted by Gasteiger charge is -2.35. The number of rotatable bonds is 9. The molecular weight excluding hydrogens is 454 g/mol. The molecule has 188 valence electrons. The van der Waals surface area contributed by atoms with Gasteiger partial charge in [-0.2, -0.15) is 0 Å². The van der Waals surface area contributed by atoms with Gasteiger partial charge in [0, 0.05) is 57.1 Å². The molecule has 1 fully saturated rings. The second-order valence-corrected chi connectivity index (χ2v) is 8.94. The number of carbonyl (C=O) groups excluding carboxylic acids is 2. The van der Waals surface area contributed by atoms with Crippen LogP contribution < -0.4 is 21.3 Å². The van der Waals surface area contributed by atoms with Crippen LogP contribution in [0, 0.1) is 0 Å². The van der Waals surface area contributed by atoms with Crippen LogP contribution in [0.3, 0.4) is 0 Å². The molecule has 0 saturated carbocycles. The quantitative estimate of drug-likeness (QED) is 0.423. The van der Waals surface area contributed by atoms with Crippen LogP contribution >= 0.6 is 0 Å². The van der Waals surface area contributed by atoms with Gasteiger partial charge in [-0.05, 0) is 41.8 Å². The molecule has 3 aromatic rings. The molecule has 0 spiro atoms. The van der Waals surface area contributed by atoms with E-state index < -0.39 is 5.91 Å². The number of benzene rings is 2. The van der Waals surface area contributed by atoms with Gasteiger partial charge in [-0.25, -0.2) is 0 Å². The minimum atomic E-state index is -0.634. The van der Waals surface area contributed by atoms with E-state index in [1.54, 1.807) is 13.0 Å². The Morgan fingerprint density at radius 2 is 1.69 bits per heavy atom. The summed E-state index contributed by atoms with van der Waals surface area (Å²) >= 11 is 0. The third kappa shape index (κ3) is 6.29. The molecule has 1 aliphatic heterocycles. The standard InChI is InChI=1S/C27H33N7O2/c1-3-5-20-6-4-7-21(16-20)18-29-24-17-25(31-32-26(24)27(28)36)30-22-8-10-23(11-9-22)34-14-12-33(13-15-34)19(2)35/h4,6-11,16-17H,3,5,12-15,18H2,1-2H3,(H2,28,36)(H2,29,30,31). The first-order chi connectivity index (χ1) is 17.4. The number of nitrogens with one attached hydrogen (secondary N) is 2. The van der Waals surface area contributed by atoms with Crippen molar-refractivity contribution in [2.75, 3.05) is 41.7 Å². The van der Waals surface area contributed by atoms with Crippen molar-refractivity contribution in [3.05, 3.63) is 71.4 Å². The molecule has 9 nitrogen and oxygen atoms in total. The summed E-state index contributed by atoms with van der Waals surface area (Å²) in [6.45, 7) is 7.39. The minimum absolute atomic E-state index is 0.102. The fraction of sp³-hybridized carbons (Fsp3) is 0.333. The predicted molar refractivity (Wildman–Crippen MR) is 143 cm³/mol. The molecule has 4 rings (SSSR count). The molecule has 0 unspecified atom stereocenters. The number of aromatic nitrogens is 2. The summed E-state index contributed by atoms with van der Waals surface area (Å²) in [5.41, 5.74) is 10.5. The lowest BCUT2D eigenvalue weighted by Crippen LogP contribution is -2.48. The highest BCUT2D eigenvalue weighted by Gasteiger charge is 2.19. The first-order valence-electron chi connectivity index (χ1n) is 12.3. The van der Waals surface area contributed by atoms with Crippen LogP contribution in [0.1, 0.15) is 41.9 Å². The van der Waals surface area contributed by atoms with E-state index in [9.17, 15) is 9.59 Å². The summed E-state index contributed by atoms with van der Waals surface area (Å²) in [7, 11) is 0. The Kier molecular flexibility index (Phi) is 7.99. The van der Waals surface area contributed by atoms with Gasteiger partial charge in [0.1, 0.15) is 0 Å². The van der Waals surface area contributed by atoms with E-state index in [2.05, 4.69) is 44.8 Å². The lowest BCUT2D eigenvalue weighted by atomic mass is 10.1. The summed E-state index contributed by atoms with van der Waals surface area (Å²) < 4.78 is 0. The summed E-state index contributed by atoms with van der Waals surface area (Å²) in [6.07, 6.45) is 2.11. The summed E-state index contributed by atoms with van der Waals surface area (Å²) in [4.78, 5) is 27.6. The van der Waals surface area contributed by atoms with Gasteiger partial charge in [0.15, 0.2) is 11.5 Å². The molecule has 1 saturated heterocycles. The molecule has 2 heterocycles. The zero-order valence-corrected chi connectivity index (χ0v) is 20.8. The van der Waals surface area contributed by atoms with Gasteiger partial charge < -0.3 is 26.2 Å². The summed E-state index contributed by atoms with van der Waals surface area (Å²) in [5, 5.41) is 14.7. The topological polar surface area (TPSA) is 116 Å². The van der Waals surface area contributed by atoms with Crippen molar-refractivity contribution in [3.63, 3.8) is 0 Å². The highest BCUT2D eigenvalue weighted by Crippen LogP contribution is 2.24. The highest BCUT2D eigenvalue weighted by molar-refractivity contribution is 5.96. The van der Waals surface area contributed by atoms with Gasteiger partial charge >= 0.3 is 0 Å². The Labute approximate surface area is 211 Å². The van der Waals surface area contributed by atoms with Gasteiger partial charge in [-0.1, -0.05) is 37.6 Å². The maximum absolute atomic E-state index is 11.9. The monoisotopic (exact) mass is 487 g/mol. The van der Waals surface area contributed by atoms with E-state index >= 15 is 0 Å². The van der Waals surface area contributed by atoms with Gasteiger partial charge in [0.2, 0.25) is 5.91 Å². The number of nitrogens with zero attached hydrogens (tertiary/aromatic N) is 4. The van der Waals surface area contributed by atoms with Gasteiger partial charge in [0.25, 0.3) is 5.91 Å². The second-order valence-electron chi connectivity index (χ2n) is 8.94. The van der Waals surface area contributed by atoms with E-state index in [4.69, 9.17) is 5.73 Å². The predicted octanol–water partition coefficient (Wildman–Crippen LogP) is 3.55. The maximum Gasteiger partial charge on any atom is 0.271 e. The number of hydrogen-bond donors (Lipinski definition) is 3. The Bertz CT molecular complexity index is 1200. The van der Waals surface area contributed by atoms with E-state index in [-0.39, 0.29) is 11.6 Å². The number of anilines is 4. The second kappa shape index (κ2) is 11.5. The normalized spacial score (nSPS) is 13.4. The van der Waals surface area contributed by atoms with Crippen molar-refractivity contribution < 1.29 is 9.59 Å². The number of nitrogens with two attached hydrogens (primary N) is 1. The van der Waals surface area contributed by atoms with Gasteiger partial charge in [-0.15, -0.1) is 10.2 Å². The number of piperazine rings is 1. The van der Waals surface area contributed by atoms with Crippen LogP contribution in [-0.2, 0) is 17.8 Å². The van der Waals surface area contributed by atoms with Crippen molar-refractivity contribution in [1.82, 2.24) is 15.1 Å². The van der Waals surface area contributed by atoms with Crippen LogP contribution in [0.2, 0.25) is 0 Å². The number of hydrogen-bond acceptors (Lipinski definition) is 7. The molecule has 2 amide bonds. The fourth-order valence-electron chi connectivity index (χ4n) is 4.33. The zero-order chi connectivity index (χ0) is 25.5. The van der Waals surface area contributed by atoms with Crippen LogP contribution in [-0.4, -0.2) is 53.1 Å². The maximum atomic E-state index is 11.9. The van der Waals surface area contributed by atoms with Crippen molar-refractivity contribution in [2.45, 2.75) is 33.2 Å². The van der Waals surface area contributed by atoms with Gasteiger partial charge in [0.05, 0.1) is 5.69 Å². The number of amides is 2. The van der Waals surface area contributed by atoms with Crippen molar-refractivity contribution >= 4 is 34.7 Å². The van der Waals surface area contributed by atoms with E-state index in [0.717, 1.165) is 56.0 Å². The Morgan fingerprint density at radius 3 is 2.36 bits per heavy atom. The van der Waals surface area contributed by atoms with Crippen LogP contribution in [0.15, 0.2) is 54.6 Å². The largest absolute Gasteiger partial charge is 0.379 e. The van der Waals surface area contributed by atoms with E-state index in [1.165, 1.54) is 5.56 Å². The molecule has 0 atom stereocenters. The number of carbonyl (C=O) groups is 2. The Balaban J connectivity index is 1.42. The van der Waals surface area contributed by atoms with Crippen LogP contribution in [0.5, 0.6) is 0 Å². The highest BCUT2D eigenvalue weighted by atomic mass is 16.2. The average molecular weight is 488 g/mol. The average Bonchev–Trinajstić information content (AvgIpc) is 2.88. The Morgan fingerprint density at radius 1 is 0.972 bits per heavy atom. The molecule has 0 bridgehead atoms. The Hall–Kier alpha value is -4.14. The molecule has 9 heteroatoms. The van der Waals surface area contributed by atoms with E-state index in [1.807, 2.05) is 41.3 Å². The molecule has 1 aliphatic rings. The smallest absolute Gasteiger partial charge is 0.271 e. The lowest BCUT2D eigenvalue weighted by molar-refractivity contribution is -0.129. The van der Waals surface area contributed by atoms with Crippen molar-refractivity contribution in [1.29, 1.82) is 0 Å². The third-order valence-electron chi connectivity index (χ3n) is 6.27. The van der Waals surface area contributed by atoms with Crippen molar-refractivity contribution in [2.24, 2.45) is 5.73 Å². The third-order valence-corrected chi connectivity index (χ3v) is 6.27. The molecule has 0 radical (unpaired) electrons. The molecule has 1 aromatic heterocycles. The summed E-state index contributed by atoms with van der Waals surface area (Å²) in [5.74, 6) is -0.00732. The first-order valence-corrected chi connectivity index (χ1v) is 12.3. The SMILES string of the molecule is CCCc1cccc(CNc2cc(Nc3ccc(N4CCN(C(C)=O)CC4)cc3)nnc2C(N)=O)c1. The fourth-order valence-corrected chi connectivity index (χ4v) is 4.33. The van der Waals surface area contributed by atoms with E-state index in [0.29, 0.717) is 18.1 Å². The zero-order valence-electron chi connectivity index (χ0n) is 20.8. The molecular formula is C27H33N7O2. The minimum Gasteiger partial charge on any atom is -0.379 e. The molecule has 4 N–H and O–H groups in total.